The Morgan fingerprint density at radius 2 is 1.82 bits per heavy atom. The second kappa shape index (κ2) is 4.61. The largest absolute Gasteiger partial charge is 0.402 e. The molecule has 0 spiro atoms. The SMILES string of the molecule is C[C@]12CCC(O)CC1=CC(O)[C@@H]1[C@H]2CC[C@]2(C)C(N)=CC[C@@H]12. The third kappa shape index (κ3) is 1.75. The predicted octanol–water partition coefficient (Wildman–Crippen LogP) is 2.73. The summed E-state index contributed by atoms with van der Waals surface area (Å²) >= 11 is 0. The molecule has 122 valence electrons. The molecule has 0 saturated heterocycles. The number of allylic oxidation sites excluding steroid dienone is 2. The molecule has 2 saturated carbocycles. The minimum Gasteiger partial charge on any atom is -0.402 e. The second-order valence-electron chi connectivity index (χ2n) is 8.64. The molecule has 0 amide bonds. The van der Waals surface area contributed by atoms with Gasteiger partial charge in [0.2, 0.25) is 0 Å². The number of nitrogens with two attached hydrogens (primary N) is 1. The monoisotopic (exact) mass is 303 g/mol. The van der Waals surface area contributed by atoms with Crippen LogP contribution in [0.25, 0.3) is 0 Å². The molecule has 7 atom stereocenters. The highest BCUT2D eigenvalue weighted by Crippen LogP contribution is 2.64. The molecule has 2 unspecified atom stereocenters. The molecule has 4 aliphatic carbocycles. The Bertz CT molecular complexity index is 554. The Balaban J connectivity index is 1.74. The van der Waals surface area contributed by atoms with Gasteiger partial charge in [-0.05, 0) is 61.7 Å². The minimum atomic E-state index is -0.373. The van der Waals surface area contributed by atoms with Crippen LogP contribution in [0.1, 0.15) is 52.4 Å². The summed E-state index contributed by atoms with van der Waals surface area (Å²) in [6.45, 7) is 4.67. The van der Waals surface area contributed by atoms with E-state index in [9.17, 15) is 10.2 Å². The zero-order chi connectivity index (χ0) is 15.7. The van der Waals surface area contributed by atoms with Crippen molar-refractivity contribution in [1.29, 1.82) is 0 Å². The lowest BCUT2D eigenvalue weighted by molar-refractivity contribution is -0.0776. The van der Waals surface area contributed by atoms with Crippen LogP contribution in [0.4, 0.5) is 0 Å². The lowest BCUT2D eigenvalue weighted by atomic mass is 9.47. The summed E-state index contributed by atoms with van der Waals surface area (Å²) in [7, 11) is 0. The first-order valence-corrected chi connectivity index (χ1v) is 8.90. The summed E-state index contributed by atoms with van der Waals surface area (Å²) in [4.78, 5) is 0. The summed E-state index contributed by atoms with van der Waals surface area (Å²) in [5.74, 6) is 1.33. The standard InChI is InChI=1S/C19H29NO2/c1-18-7-5-12(21)9-11(18)10-15(22)17-13-3-4-16(20)19(13,2)8-6-14(17)18/h4,10,12-15,17,21-22H,3,5-9,20H2,1-2H3/t12?,13-,14+,15?,17-,18-,19-/m0/s1. The van der Waals surface area contributed by atoms with Gasteiger partial charge in [0.15, 0.2) is 0 Å². The average molecular weight is 303 g/mol. The molecule has 4 N–H and O–H groups in total. The van der Waals surface area contributed by atoms with Crippen LogP contribution in [0.15, 0.2) is 23.4 Å². The van der Waals surface area contributed by atoms with Crippen LogP contribution in [-0.2, 0) is 0 Å². The molecule has 3 nitrogen and oxygen atoms in total. The fourth-order valence-corrected chi connectivity index (χ4v) is 6.24. The fraction of sp³-hybridized carbons (Fsp3) is 0.789. The van der Waals surface area contributed by atoms with E-state index in [4.69, 9.17) is 5.73 Å². The van der Waals surface area contributed by atoms with E-state index in [-0.39, 0.29) is 23.0 Å². The Kier molecular flexibility index (Phi) is 3.09. The van der Waals surface area contributed by atoms with Crippen molar-refractivity contribution in [3.63, 3.8) is 0 Å². The van der Waals surface area contributed by atoms with Crippen LogP contribution in [0.3, 0.4) is 0 Å². The van der Waals surface area contributed by atoms with Gasteiger partial charge in [-0.15, -0.1) is 0 Å². The number of rotatable bonds is 0. The molecule has 3 heteroatoms. The van der Waals surface area contributed by atoms with Crippen molar-refractivity contribution >= 4 is 0 Å². The third-order valence-corrected chi connectivity index (χ3v) is 7.74. The van der Waals surface area contributed by atoms with E-state index >= 15 is 0 Å². The van der Waals surface area contributed by atoms with Crippen LogP contribution in [-0.4, -0.2) is 22.4 Å². The second-order valence-corrected chi connectivity index (χ2v) is 8.64. The van der Waals surface area contributed by atoms with E-state index in [1.54, 1.807) is 0 Å². The zero-order valence-corrected chi connectivity index (χ0v) is 13.8. The predicted molar refractivity (Wildman–Crippen MR) is 86.8 cm³/mol. The molecule has 0 bridgehead atoms. The van der Waals surface area contributed by atoms with Crippen molar-refractivity contribution in [3.8, 4) is 0 Å². The van der Waals surface area contributed by atoms with Crippen molar-refractivity contribution in [2.75, 3.05) is 0 Å². The molecule has 0 heterocycles. The number of aliphatic hydroxyl groups is 2. The smallest absolute Gasteiger partial charge is 0.0757 e. The van der Waals surface area contributed by atoms with Crippen molar-refractivity contribution < 1.29 is 10.2 Å². The summed E-state index contributed by atoms with van der Waals surface area (Å²) in [5.41, 5.74) is 8.91. The van der Waals surface area contributed by atoms with Gasteiger partial charge in [-0.25, -0.2) is 0 Å². The Morgan fingerprint density at radius 1 is 1.09 bits per heavy atom. The van der Waals surface area contributed by atoms with Gasteiger partial charge in [-0.2, -0.15) is 0 Å². The first-order valence-electron chi connectivity index (χ1n) is 8.90. The van der Waals surface area contributed by atoms with E-state index in [2.05, 4.69) is 26.0 Å². The quantitative estimate of drug-likeness (QED) is 0.603. The molecule has 4 aliphatic rings. The molecule has 0 aromatic rings. The maximum atomic E-state index is 10.9. The molecule has 0 aliphatic heterocycles. The molecule has 0 radical (unpaired) electrons. The number of hydrogen-bond acceptors (Lipinski definition) is 3. The summed E-state index contributed by atoms with van der Waals surface area (Å²) in [5, 5.41) is 20.9. The fourth-order valence-electron chi connectivity index (χ4n) is 6.24. The Labute approximate surface area is 133 Å². The molecule has 4 rings (SSSR count). The van der Waals surface area contributed by atoms with Crippen molar-refractivity contribution in [3.05, 3.63) is 23.4 Å². The maximum absolute atomic E-state index is 10.9. The van der Waals surface area contributed by atoms with Gasteiger partial charge in [-0.1, -0.05) is 31.6 Å². The first-order chi connectivity index (χ1) is 10.4. The molecule has 2 fully saturated rings. The van der Waals surface area contributed by atoms with E-state index < -0.39 is 0 Å². The van der Waals surface area contributed by atoms with E-state index in [0.29, 0.717) is 17.8 Å². The Morgan fingerprint density at radius 3 is 2.59 bits per heavy atom. The molecular formula is C19H29NO2. The first kappa shape index (κ1) is 14.8. The normalized spacial score (nSPS) is 53.9. The Hall–Kier alpha value is -0.800. The lowest BCUT2D eigenvalue weighted by Crippen LogP contribution is -2.54. The van der Waals surface area contributed by atoms with Gasteiger partial charge in [-0.3, -0.25) is 0 Å². The zero-order valence-electron chi connectivity index (χ0n) is 13.8. The average Bonchev–Trinajstić information content (AvgIpc) is 2.77. The van der Waals surface area contributed by atoms with Gasteiger partial charge >= 0.3 is 0 Å². The van der Waals surface area contributed by atoms with Gasteiger partial charge in [0.25, 0.3) is 0 Å². The van der Waals surface area contributed by atoms with Crippen LogP contribution < -0.4 is 5.73 Å². The van der Waals surface area contributed by atoms with Crippen LogP contribution in [0.2, 0.25) is 0 Å². The highest BCUT2D eigenvalue weighted by Gasteiger charge is 2.58. The lowest BCUT2D eigenvalue weighted by Gasteiger charge is -2.58. The van der Waals surface area contributed by atoms with E-state index in [1.807, 2.05) is 0 Å². The van der Waals surface area contributed by atoms with E-state index in [0.717, 1.165) is 44.2 Å². The summed E-state index contributed by atoms with van der Waals surface area (Å²) < 4.78 is 0. The van der Waals surface area contributed by atoms with Gasteiger partial charge in [0, 0.05) is 11.1 Å². The summed E-state index contributed by atoms with van der Waals surface area (Å²) in [6, 6.07) is 0. The van der Waals surface area contributed by atoms with E-state index in [1.165, 1.54) is 5.57 Å². The molecule has 22 heavy (non-hydrogen) atoms. The maximum Gasteiger partial charge on any atom is 0.0757 e. The van der Waals surface area contributed by atoms with Crippen molar-refractivity contribution in [2.45, 2.75) is 64.6 Å². The number of hydrogen-bond donors (Lipinski definition) is 3. The van der Waals surface area contributed by atoms with Crippen LogP contribution >= 0.6 is 0 Å². The van der Waals surface area contributed by atoms with Gasteiger partial charge in [0.1, 0.15) is 0 Å². The van der Waals surface area contributed by atoms with Crippen LogP contribution in [0, 0.1) is 28.6 Å². The minimum absolute atomic E-state index is 0.0814. The molecular weight excluding hydrogens is 274 g/mol. The van der Waals surface area contributed by atoms with Gasteiger partial charge < -0.3 is 15.9 Å². The highest BCUT2D eigenvalue weighted by molar-refractivity contribution is 5.30. The highest BCUT2D eigenvalue weighted by atomic mass is 16.3. The topological polar surface area (TPSA) is 66.5 Å². The van der Waals surface area contributed by atoms with Crippen molar-refractivity contribution in [1.82, 2.24) is 0 Å². The van der Waals surface area contributed by atoms with Crippen molar-refractivity contribution in [2.24, 2.45) is 34.3 Å². The number of fused-ring (bicyclic) bond motifs is 5. The molecule has 0 aromatic heterocycles. The third-order valence-electron chi connectivity index (χ3n) is 7.74. The van der Waals surface area contributed by atoms with Gasteiger partial charge in [0.05, 0.1) is 12.2 Å². The summed E-state index contributed by atoms with van der Waals surface area (Å²) in [6.07, 6.45) is 9.70. The number of aliphatic hydroxyl groups excluding tert-OH is 2. The molecule has 0 aromatic carbocycles. The van der Waals surface area contributed by atoms with Crippen LogP contribution in [0.5, 0.6) is 0 Å².